The standard InChI is InChI=1S/C12H18IN3O2/c13-7-10-6-11(18-16-10)8-14-12(17)15-9-4-2-1-3-5-9/h6,9H,1-5,7-8H2,(H2,14,15,17). The van der Waals surface area contributed by atoms with Crippen LogP contribution in [0.1, 0.15) is 43.6 Å². The molecule has 1 fully saturated rings. The van der Waals surface area contributed by atoms with Crippen LogP contribution in [0.15, 0.2) is 10.6 Å². The maximum atomic E-state index is 11.7. The molecule has 2 N–H and O–H groups in total. The number of hydrogen-bond acceptors (Lipinski definition) is 3. The van der Waals surface area contributed by atoms with E-state index in [2.05, 4.69) is 38.4 Å². The molecule has 0 saturated heterocycles. The van der Waals surface area contributed by atoms with Crippen LogP contribution in [0.5, 0.6) is 0 Å². The molecule has 5 nitrogen and oxygen atoms in total. The average molecular weight is 363 g/mol. The van der Waals surface area contributed by atoms with Crippen molar-refractivity contribution < 1.29 is 9.32 Å². The van der Waals surface area contributed by atoms with E-state index in [1.54, 1.807) is 0 Å². The molecule has 2 rings (SSSR count). The summed E-state index contributed by atoms with van der Waals surface area (Å²) in [4.78, 5) is 11.7. The van der Waals surface area contributed by atoms with Gasteiger partial charge in [0.25, 0.3) is 0 Å². The van der Waals surface area contributed by atoms with Gasteiger partial charge in [0, 0.05) is 16.5 Å². The van der Waals surface area contributed by atoms with Crippen molar-refractivity contribution in [1.29, 1.82) is 0 Å². The van der Waals surface area contributed by atoms with Crippen molar-refractivity contribution in [2.24, 2.45) is 0 Å². The monoisotopic (exact) mass is 363 g/mol. The van der Waals surface area contributed by atoms with Gasteiger partial charge < -0.3 is 15.2 Å². The van der Waals surface area contributed by atoms with Crippen molar-refractivity contribution in [1.82, 2.24) is 15.8 Å². The highest BCUT2D eigenvalue weighted by atomic mass is 127. The maximum absolute atomic E-state index is 11.7. The Labute approximate surface area is 120 Å². The minimum absolute atomic E-state index is 0.116. The van der Waals surface area contributed by atoms with Crippen LogP contribution in [0.4, 0.5) is 4.79 Å². The Bertz CT molecular complexity index is 388. The van der Waals surface area contributed by atoms with Crippen LogP contribution < -0.4 is 10.6 Å². The number of alkyl halides is 1. The van der Waals surface area contributed by atoms with Gasteiger partial charge in [0.15, 0.2) is 5.76 Å². The molecular formula is C12H18IN3O2. The lowest BCUT2D eigenvalue weighted by molar-refractivity contribution is 0.230. The molecule has 0 spiro atoms. The molecule has 1 heterocycles. The quantitative estimate of drug-likeness (QED) is 0.639. The normalized spacial score (nSPS) is 16.5. The summed E-state index contributed by atoms with van der Waals surface area (Å²) in [7, 11) is 0. The number of carbonyl (C=O) groups is 1. The van der Waals surface area contributed by atoms with E-state index >= 15 is 0 Å². The van der Waals surface area contributed by atoms with E-state index in [0.29, 0.717) is 18.3 Å². The summed E-state index contributed by atoms with van der Waals surface area (Å²) >= 11 is 2.22. The van der Waals surface area contributed by atoms with Crippen molar-refractivity contribution in [2.75, 3.05) is 0 Å². The SMILES string of the molecule is O=C(NCc1cc(CI)no1)NC1CCCCC1. The lowest BCUT2D eigenvalue weighted by atomic mass is 9.96. The van der Waals surface area contributed by atoms with Gasteiger partial charge in [-0.15, -0.1) is 0 Å². The van der Waals surface area contributed by atoms with Gasteiger partial charge in [-0.05, 0) is 12.8 Å². The maximum Gasteiger partial charge on any atom is 0.315 e. The van der Waals surface area contributed by atoms with E-state index in [1.165, 1.54) is 19.3 Å². The fourth-order valence-electron chi connectivity index (χ4n) is 2.15. The summed E-state index contributed by atoms with van der Waals surface area (Å²) in [5.41, 5.74) is 0.903. The molecule has 0 radical (unpaired) electrons. The van der Waals surface area contributed by atoms with Gasteiger partial charge in [-0.3, -0.25) is 0 Å². The fraction of sp³-hybridized carbons (Fsp3) is 0.667. The Hall–Kier alpha value is -0.790. The molecule has 6 heteroatoms. The van der Waals surface area contributed by atoms with Crippen LogP contribution in [0.2, 0.25) is 0 Å². The minimum Gasteiger partial charge on any atom is -0.359 e. The van der Waals surface area contributed by atoms with Gasteiger partial charge in [-0.1, -0.05) is 47.0 Å². The Morgan fingerprint density at radius 3 is 2.89 bits per heavy atom. The zero-order valence-electron chi connectivity index (χ0n) is 10.2. The van der Waals surface area contributed by atoms with E-state index < -0.39 is 0 Å². The molecule has 2 amide bonds. The van der Waals surface area contributed by atoms with Crippen LogP contribution in [0, 0.1) is 0 Å². The van der Waals surface area contributed by atoms with E-state index in [0.717, 1.165) is 23.0 Å². The summed E-state index contributed by atoms with van der Waals surface area (Å²) in [6, 6.07) is 2.08. The largest absolute Gasteiger partial charge is 0.359 e. The second-order valence-corrected chi connectivity index (χ2v) is 5.34. The van der Waals surface area contributed by atoms with Crippen LogP contribution in [-0.2, 0) is 11.0 Å². The Balaban J connectivity index is 1.70. The second-order valence-electron chi connectivity index (χ2n) is 4.58. The van der Waals surface area contributed by atoms with Gasteiger partial charge in [-0.25, -0.2) is 4.79 Å². The van der Waals surface area contributed by atoms with Gasteiger partial charge in [0.2, 0.25) is 0 Å². The Morgan fingerprint density at radius 1 is 1.44 bits per heavy atom. The Kier molecular flexibility index (Phi) is 5.27. The summed E-state index contributed by atoms with van der Waals surface area (Å²) in [5, 5.41) is 9.67. The number of rotatable bonds is 4. The van der Waals surface area contributed by atoms with Crippen LogP contribution in [0.3, 0.4) is 0 Å². The van der Waals surface area contributed by atoms with E-state index in [1.807, 2.05) is 6.07 Å². The third-order valence-corrected chi connectivity index (χ3v) is 3.89. The first-order valence-corrected chi connectivity index (χ1v) is 7.85. The lowest BCUT2D eigenvalue weighted by Crippen LogP contribution is -2.42. The summed E-state index contributed by atoms with van der Waals surface area (Å²) in [6.07, 6.45) is 5.90. The fourth-order valence-corrected chi connectivity index (χ4v) is 2.51. The van der Waals surface area contributed by atoms with Crippen LogP contribution in [0.25, 0.3) is 0 Å². The lowest BCUT2D eigenvalue weighted by Gasteiger charge is -2.22. The molecule has 0 unspecified atom stereocenters. The second kappa shape index (κ2) is 6.96. The number of urea groups is 1. The van der Waals surface area contributed by atoms with Gasteiger partial charge in [0.1, 0.15) is 0 Å². The van der Waals surface area contributed by atoms with Gasteiger partial charge in [-0.2, -0.15) is 0 Å². The molecule has 1 aromatic heterocycles. The highest BCUT2D eigenvalue weighted by Crippen LogP contribution is 2.17. The number of nitrogens with one attached hydrogen (secondary N) is 2. The summed E-state index contributed by atoms with van der Waals surface area (Å²) in [5.74, 6) is 0.695. The first-order valence-electron chi connectivity index (χ1n) is 6.32. The number of nitrogens with zero attached hydrogens (tertiary/aromatic N) is 1. The molecule has 18 heavy (non-hydrogen) atoms. The summed E-state index contributed by atoms with van der Waals surface area (Å²) < 4.78 is 5.91. The molecule has 100 valence electrons. The first kappa shape index (κ1) is 13.6. The third kappa shape index (κ3) is 4.15. The number of hydrogen-bond donors (Lipinski definition) is 2. The van der Waals surface area contributed by atoms with Crippen molar-refractivity contribution in [3.63, 3.8) is 0 Å². The predicted octanol–water partition coefficient (Wildman–Crippen LogP) is 2.74. The molecule has 0 aliphatic heterocycles. The zero-order valence-corrected chi connectivity index (χ0v) is 12.4. The number of amides is 2. The topological polar surface area (TPSA) is 67.2 Å². The van der Waals surface area contributed by atoms with Crippen molar-refractivity contribution in [2.45, 2.75) is 49.1 Å². The van der Waals surface area contributed by atoms with Crippen LogP contribution >= 0.6 is 22.6 Å². The minimum atomic E-state index is -0.116. The van der Waals surface area contributed by atoms with E-state index in [-0.39, 0.29) is 6.03 Å². The molecular weight excluding hydrogens is 345 g/mol. The molecule has 0 bridgehead atoms. The van der Waals surface area contributed by atoms with Gasteiger partial charge >= 0.3 is 6.03 Å². The Morgan fingerprint density at radius 2 is 2.22 bits per heavy atom. The van der Waals surface area contributed by atoms with Crippen molar-refractivity contribution >= 4 is 28.6 Å². The highest BCUT2D eigenvalue weighted by molar-refractivity contribution is 14.1. The highest BCUT2D eigenvalue weighted by Gasteiger charge is 2.15. The molecule has 1 aliphatic rings. The zero-order chi connectivity index (χ0) is 12.8. The molecule has 0 aromatic carbocycles. The molecule has 1 aromatic rings. The number of aromatic nitrogens is 1. The van der Waals surface area contributed by atoms with Crippen molar-refractivity contribution in [3.8, 4) is 0 Å². The van der Waals surface area contributed by atoms with Gasteiger partial charge in [0.05, 0.1) is 12.2 Å². The molecule has 1 aliphatic carbocycles. The average Bonchev–Trinajstić information content (AvgIpc) is 2.85. The van der Waals surface area contributed by atoms with Crippen LogP contribution in [-0.4, -0.2) is 17.2 Å². The number of halogens is 1. The number of carbonyl (C=O) groups excluding carboxylic acids is 1. The third-order valence-electron chi connectivity index (χ3n) is 3.11. The molecule has 0 atom stereocenters. The first-order chi connectivity index (χ1) is 8.78. The smallest absolute Gasteiger partial charge is 0.315 e. The van der Waals surface area contributed by atoms with Crippen molar-refractivity contribution in [3.05, 3.63) is 17.5 Å². The molecule has 1 saturated carbocycles. The van der Waals surface area contributed by atoms with E-state index in [9.17, 15) is 4.79 Å². The summed E-state index contributed by atoms with van der Waals surface area (Å²) in [6.45, 7) is 0.391. The predicted molar refractivity (Wildman–Crippen MR) is 76.5 cm³/mol. The van der Waals surface area contributed by atoms with E-state index in [4.69, 9.17) is 4.52 Å².